The standard InChI is InChI=1S/C13H24N2O2/c1-2-3-4-5-6-8-11(13(15)17)9-7-10-12(14)16/h8H,2-7,9-10H2,1H3,(H2,14,16)(H2,15,17)/b11-8+. The molecule has 0 rings (SSSR count). The summed E-state index contributed by atoms with van der Waals surface area (Å²) in [7, 11) is 0. The molecule has 4 N–H and O–H groups in total. The molecule has 0 aliphatic heterocycles. The molecule has 0 heterocycles. The third kappa shape index (κ3) is 9.60. The summed E-state index contributed by atoms with van der Waals surface area (Å²) < 4.78 is 0. The maximum atomic E-state index is 11.1. The van der Waals surface area contributed by atoms with Crippen LogP contribution in [0.25, 0.3) is 0 Å². The van der Waals surface area contributed by atoms with Gasteiger partial charge in [-0.2, -0.15) is 0 Å². The van der Waals surface area contributed by atoms with Crippen molar-refractivity contribution in [3.05, 3.63) is 11.6 Å². The van der Waals surface area contributed by atoms with Gasteiger partial charge in [0.05, 0.1) is 0 Å². The molecule has 0 bridgehead atoms. The number of allylic oxidation sites excluding steroid dienone is 1. The lowest BCUT2D eigenvalue weighted by atomic mass is 10.0. The first-order valence-corrected chi connectivity index (χ1v) is 6.35. The highest BCUT2D eigenvalue weighted by Gasteiger charge is 2.05. The lowest BCUT2D eigenvalue weighted by Gasteiger charge is -2.03. The molecule has 0 saturated heterocycles. The molecule has 0 radical (unpaired) electrons. The number of hydrogen-bond donors (Lipinski definition) is 2. The molecule has 4 nitrogen and oxygen atoms in total. The van der Waals surface area contributed by atoms with E-state index in [0.717, 1.165) is 12.8 Å². The summed E-state index contributed by atoms with van der Waals surface area (Å²) in [5.74, 6) is -0.721. The van der Waals surface area contributed by atoms with Crippen LogP contribution in [0.3, 0.4) is 0 Å². The van der Waals surface area contributed by atoms with Crippen molar-refractivity contribution in [3.63, 3.8) is 0 Å². The summed E-state index contributed by atoms with van der Waals surface area (Å²) in [5, 5.41) is 0. The molecular weight excluding hydrogens is 216 g/mol. The van der Waals surface area contributed by atoms with Gasteiger partial charge in [0.2, 0.25) is 11.8 Å². The van der Waals surface area contributed by atoms with Crippen LogP contribution in [-0.2, 0) is 9.59 Å². The van der Waals surface area contributed by atoms with E-state index in [1.165, 1.54) is 19.3 Å². The van der Waals surface area contributed by atoms with Crippen LogP contribution in [0.2, 0.25) is 0 Å². The molecule has 0 aliphatic carbocycles. The summed E-state index contributed by atoms with van der Waals surface area (Å²) >= 11 is 0. The molecule has 0 atom stereocenters. The maximum absolute atomic E-state index is 11.1. The molecule has 98 valence electrons. The summed E-state index contributed by atoms with van der Waals surface area (Å²) in [5.41, 5.74) is 10.9. The lowest BCUT2D eigenvalue weighted by molar-refractivity contribution is -0.118. The zero-order valence-corrected chi connectivity index (χ0v) is 10.7. The van der Waals surface area contributed by atoms with Crippen LogP contribution < -0.4 is 11.5 Å². The second kappa shape index (κ2) is 9.87. The lowest BCUT2D eigenvalue weighted by Crippen LogP contribution is -2.15. The van der Waals surface area contributed by atoms with Crippen molar-refractivity contribution in [3.8, 4) is 0 Å². The van der Waals surface area contributed by atoms with Crippen molar-refractivity contribution in [2.45, 2.75) is 58.3 Å². The van der Waals surface area contributed by atoms with Gasteiger partial charge in [-0.15, -0.1) is 0 Å². The van der Waals surface area contributed by atoms with Gasteiger partial charge in [0.1, 0.15) is 0 Å². The third-order valence-corrected chi connectivity index (χ3v) is 2.63. The van der Waals surface area contributed by atoms with Gasteiger partial charge in [0.15, 0.2) is 0 Å². The number of unbranched alkanes of at least 4 members (excludes halogenated alkanes) is 4. The Morgan fingerprint density at radius 3 is 2.24 bits per heavy atom. The van der Waals surface area contributed by atoms with E-state index in [2.05, 4.69) is 6.92 Å². The Bertz CT molecular complexity index is 273. The minimum absolute atomic E-state index is 0.306. The van der Waals surface area contributed by atoms with E-state index in [0.29, 0.717) is 24.8 Å². The highest BCUT2D eigenvalue weighted by molar-refractivity contribution is 5.91. The fraction of sp³-hybridized carbons (Fsp3) is 0.692. The maximum Gasteiger partial charge on any atom is 0.244 e. The van der Waals surface area contributed by atoms with Crippen LogP contribution in [0.15, 0.2) is 11.6 Å². The van der Waals surface area contributed by atoms with Gasteiger partial charge in [-0.25, -0.2) is 0 Å². The highest BCUT2D eigenvalue weighted by atomic mass is 16.1. The van der Waals surface area contributed by atoms with E-state index in [-0.39, 0.29) is 11.8 Å². The molecule has 0 unspecified atom stereocenters. The SMILES string of the molecule is CCCCCC/C=C(\CCCC(N)=O)C(N)=O. The minimum atomic E-state index is -0.384. The van der Waals surface area contributed by atoms with Gasteiger partial charge in [0, 0.05) is 12.0 Å². The Morgan fingerprint density at radius 2 is 1.71 bits per heavy atom. The van der Waals surface area contributed by atoms with Gasteiger partial charge >= 0.3 is 0 Å². The number of primary amides is 2. The number of carbonyl (C=O) groups is 2. The van der Waals surface area contributed by atoms with Crippen molar-refractivity contribution >= 4 is 11.8 Å². The van der Waals surface area contributed by atoms with Crippen LogP contribution >= 0.6 is 0 Å². The largest absolute Gasteiger partial charge is 0.370 e. The fourth-order valence-electron chi connectivity index (χ4n) is 1.63. The number of rotatable bonds is 10. The average molecular weight is 240 g/mol. The Hall–Kier alpha value is -1.32. The molecule has 0 aromatic heterocycles. The van der Waals surface area contributed by atoms with Crippen LogP contribution in [-0.4, -0.2) is 11.8 Å². The van der Waals surface area contributed by atoms with Crippen molar-refractivity contribution in [2.75, 3.05) is 0 Å². The average Bonchev–Trinajstić information content (AvgIpc) is 2.25. The summed E-state index contributed by atoms with van der Waals surface area (Å²) in [6.07, 6.45) is 8.92. The molecule has 17 heavy (non-hydrogen) atoms. The first-order chi connectivity index (χ1) is 8.07. The van der Waals surface area contributed by atoms with Crippen molar-refractivity contribution in [2.24, 2.45) is 11.5 Å². The van der Waals surface area contributed by atoms with E-state index in [1.54, 1.807) is 0 Å². The zero-order valence-electron chi connectivity index (χ0n) is 10.7. The normalized spacial score (nSPS) is 11.5. The Balaban J connectivity index is 3.91. The van der Waals surface area contributed by atoms with Crippen LogP contribution in [0.1, 0.15) is 58.3 Å². The predicted molar refractivity (Wildman–Crippen MR) is 69.1 cm³/mol. The van der Waals surface area contributed by atoms with E-state index in [4.69, 9.17) is 11.5 Å². The molecule has 0 aromatic carbocycles. The Morgan fingerprint density at radius 1 is 1.00 bits per heavy atom. The van der Waals surface area contributed by atoms with Gasteiger partial charge in [-0.05, 0) is 25.7 Å². The predicted octanol–water partition coefficient (Wildman–Crippen LogP) is 2.02. The highest BCUT2D eigenvalue weighted by Crippen LogP contribution is 2.10. The van der Waals surface area contributed by atoms with Crippen molar-refractivity contribution < 1.29 is 9.59 Å². The Kier molecular flexibility index (Phi) is 9.11. The van der Waals surface area contributed by atoms with Crippen molar-refractivity contribution in [1.29, 1.82) is 0 Å². The second-order valence-electron chi connectivity index (χ2n) is 4.26. The van der Waals surface area contributed by atoms with E-state index in [1.807, 2.05) is 6.08 Å². The van der Waals surface area contributed by atoms with Crippen LogP contribution in [0, 0.1) is 0 Å². The van der Waals surface area contributed by atoms with E-state index >= 15 is 0 Å². The van der Waals surface area contributed by atoms with Crippen LogP contribution in [0.4, 0.5) is 0 Å². The monoisotopic (exact) mass is 240 g/mol. The zero-order chi connectivity index (χ0) is 13.1. The molecule has 0 saturated carbocycles. The molecule has 0 fully saturated rings. The molecule has 4 heteroatoms. The third-order valence-electron chi connectivity index (χ3n) is 2.63. The summed E-state index contributed by atoms with van der Waals surface area (Å²) in [4.78, 5) is 21.7. The molecule has 2 amide bonds. The number of carbonyl (C=O) groups excluding carboxylic acids is 2. The van der Waals surface area contributed by atoms with Crippen molar-refractivity contribution in [1.82, 2.24) is 0 Å². The molecule has 0 spiro atoms. The Labute approximate surface area is 103 Å². The fourth-order valence-corrected chi connectivity index (χ4v) is 1.63. The van der Waals surface area contributed by atoms with Gasteiger partial charge in [-0.3, -0.25) is 9.59 Å². The first-order valence-electron chi connectivity index (χ1n) is 6.35. The smallest absolute Gasteiger partial charge is 0.244 e. The molecular formula is C13H24N2O2. The number of nitrogens with two attached hydrogens (primary N) is 2. The topological polar surface area (TPSA) is 86.2 Å². The quantitative estimate of drug-likeness (QED) is 0.452. The van der Waals surface area contributed by atoms with Gasteiger partial charge < -0.3 is 11.5 Å². The molecule has 0 aliphatic rings. The van der Waals surface area contributed by atoms with Gasteiger partial charge in [0.25, 0.3) is 0 Å². The van der Waals surface area contributed by atoms with E-state index < -0.39 is 0 Å². The van der Waals surface area contributed by atoms with Crippen LogP contribution in [0.5, 0.6) is 0 Å². The summed E-state index contributed by atoms with van der Waals surface area (Å²) in [6.45, 7) is 2.16. The molecule has 0 aromatic rings. The number of hydrogen-bond acceptors (Lipinski definition) is 2. The van der Waals surface area contributed by atoms with Gasteiger partial charge in [-0.1, -0.05) is 32.3 Å². The number of amides is 2. The minimum Gasteiger partial charge on any atom is -0.370 e. The second-order valence-corrected chi connectivity index (χ2v) is 4.26. The first kappa shape index (κ1) is 15.7. The van der Waals surface area contributed by atoms with E-state index in [9.17, 15) is 9.59 Å². The summed E-state index contributed by atoms with van der Waals surface area (Å²) in [6, 6.07) is 0.